The number of hydrogen-bond acceptors (Lipinski definition) is 3. The Balaban J connectivity index is 2.02. The fourth-order valence-electron chi connectivity index (χ4n) is 1.77. The number of aryl methyl sites for hydroxylation is 1. The summed E-state index contributed by atoms with van der Waals surface area (Å²) >= 11 is 1.74. The molecule has 1 aromatic carbocycles. The second kappa shape index (κ2) is 5.30. The number of nitrogens with zero attached hydrogens (tertiary/aromatic N) is 1. The molecule has 0 radical (unpaired) electrons. The van der Waals surface area contributed by atoms with Crippen LogP contribution in [0.2, 0.25) is 0 Å². The van der Waals surface area contributed by atoms with Gasteiger partial charge in [0.05, 0.1) is 15.2 Å². The Morgan fingerprint density at radius 2 is 2.12 bits per heavy atom. The van der Waals surface area contributed by atoms with E-state index in [1.165, 1.54) is 35.4 Å². The lowest BCUT2D eigenvalue weighted by molar-refractivity contribution is 0.476. The third-order valence-corrected chi connectivity index (χ3v) is 3.76. The first-order valence-electron chi connectivity index (χ1n) is 5.88. The average Bonchev–Trinajstić information content (AvgIpc) is 2.66. The van der Waals surface area contributed by atoms with Gasteiger partial charge in [-0.2, -0.15) is 0 Å². The Morgan fingerprint density at radius 1 is 1.25 bits per heavy atom. The second-order valence-electron chi connectivity index (χ2n) is 4.07. The minimum Gasteiger partial charge on any atom is -0.508 e. The fraction of sp³-hybridized carbons (Fsp3) is 0.462. The van der Waals surface area contributed by atoms with Gasteiger partial charge in [0.1, 0.15) is 5.75 Å². The molecule has 0 aliphatic heterocycles. The van der Waals surface area contributed by atoms with E-state index in [0.717, 1.165) is 11.9 Å². The molecule has 1 N–H and O–H groups in total. The number of rotatable bonds is 5. The monoisotopic (exact) mass is 235 g/mol. The van der Waals surface area contributed by atoms with Crippen molar-refractivity contribution in [2.45, 2.75) is 39.0 Å². The van der Waals surface area contributed by atoms with Crippen molar-refractivity contribution < 1.29 is 5.11 Å². The quantitative estimate of drug-likeness (QED) is 0.791. The molecule has 2 rings (SSSR count). The van der Waals surface area contributed by atoms with Gasteiger partial charge in [0.15, 0.2) is 0 Å². The molecule has 0 atom stereocenters. The number of aromatic nitrogens is 1. The van der Waals surface area contributed by atoms with Crippen LogP contribution in [0.25, 0.3) is 10.2 Å². The third kappa shape index (κ3) is 2.73. The van der Waals surface area contributed by atoms with Crippen molar-refractivity contribution in [3.8, 4) is 5.75 Å². The van der Waals surface area contributed by atoms with E-state index in [1.807, 2.05) is 6.07 Å². The number of benzene rings is 1. The molecule has 0 bridgehead atoms. The third-order valence-electron chi connectivity index (χ3n) is 2.66. The van der Waals surface area contributed by atoms with Gasteiger partial charge in [-0.15, -0.1) is 11.3 Å². The summed E-state index contributed by atoms with van der Waals surface area (Å²) in [7, 11) is 0. The predicted octanol–water partition coefficient (Wildman–Crippen LogP) is 4.12. The van der Waals surface area contributed by atoms with Crippen LogP contribution in [0, 0.1) is 0 Å². The molecule has 3 heteroatoms. The summed E-state index contributed by atoms with van der Waals surface area (Å²) in [5.74, 6) is 0.301. The van der Waals surface area contributed by atoms with E-state index >= 15 is 0 Å². The minimum atomic E-state index is 0.301. The Morgan fingerprint density at radius 3 is 2.94 bits per heavy atom. The molecule has 2 aromatic rings. The number of unbranched alkanes of at least 4 members (excludes halogenated alkanes) is 3. The summed E-state index contributed by atoms with van der Waals surface area (Å²) in [4.78, 5) is 4.53. The maximum Gasteiger partial charge on any atom is 0.117 e. The van der Waals surface area contributed by atoms with E-state index in [-0.39, 0.29) is 0 Å². The van der Waals surface area contributed by atoms with Crippen LogP contribution in [-0.4, -0.2) is 10.1 Å². The van der Waals surface area contributed by atoms with Gasteiger partial charge < -0.3 is 5.11 Å². The summed E-state index contributed by atoms with van der Waals surface area (Å²) in [5, 5.41) is 10.5. The standard InChI is InChI=1S/C13H17NOS/c1-2-3-4-5-6-13-14-11-9-10(15)7-8-12(11)16-13/h7-9,15H,2-6H2,1H3. The molecule has 0 fully saturated rings. The summed E-state index contributed by atoms with van der Waals surface area (Å²) in [6, 6.07) is 5.40. The van der Waals surface area contributed by atoms with Crippen LogP contribution in [0.1, 0.15) is 37.6 Å². The zero-order chi connectivity index (χ0) is 11.4. The molecule has 2 nitrogen and oxygen atoms in total. The van der Waals surface area contributed by atoms with Gasteiger partial charge in [-0.1, -0.05) is 26.2 Å². The molecule has 0 aliphatic carbocycles. The van der Waals surface area contributed by atoms with Crippen molar-refractivity contribution in [3.63, 3.8) is 0 Å². The molecule has 1 heterocycles. The normalized spacial score (nSPS) is 11.1. The smallest absolute Gasteiger partial charge is 0.117 e. The Hall–Kier alpha value is -1.09. The van der Waals surface area contributed by atoms with E-state index in [2.05, 4.69) is 11.9 Å². The SMILES string of the molecule is CCCCCCc1nc2cc(O)ccc2s1. The summed E-state index contributed by atoms with van der Waals surface area (Å²) in [6.07, 6.45) is 6.16. The molecular weight excluding hydrogens is 218 g/mol. The largest absolute Gasteiger partial charge is 0.508 e. The van der Waals surface area contributed by atoms with Crippen LogP contribution in [0.5, 0.6) is 5.75 Å². The molecule has 0 spiro atoms. The van der Waals surface area contributed by atoms with E-state index in [1.54, 1.807) is 23.5 Å². The molecule has 0 unspecified atom stereocenters. The van der Waals surface area contributed by atoms with Gasteiger partial charge in [0.25, 0.3) is 0 Å². The molecule has 0 saturated carbocycles. The van der Waals surface area contributed by atoms with E-state index in [0.29, 0.717) is 5.75 Å². The van der Waals surface area contributed by atoms with Crippen molar-refractivity contribution in [1.29, 1.82) is 0 Å². The minimum absolute atomic E-state index is 0.301. The van der Waals surface area contributed by atoms with Gasteiger partial charge in [-0.3, -0.25) is 0 Å². The van der Waals surface area contributed by atoms with E-state index in [9.17, 15) is 5.11 Å². The molecule has 0 aliphatic rings. The zero-order valence-electron chi connectivity index (χ0n) is 9.57. The topological polar surface area (TPSA) is 33.1 Å². The highest BCUT2D eigenvalue weighted by Gasteiger charge is 2.04. The molecule has 1 aromatic heterocycles. The lowest BCUT2D eigenvalue weighted by atomic mass is 10.2. The van der Waals surface area contributed by atoms with E-state index < -0.39 is 0 Å². The van der Waals surface area contributed by atoms with Crippen LogP contribution >= 0.6 is 11.3 Å². The second-order valence-corrected chi connectivity index (χ2v) is 5.19. The van der Waals surface area contributed by atoms with Gasteiger partial charge in [0, 0.05) is 6.07 Å². The fourth-order valence-corrected chi connectivity index (χ4v) is 2.76. The Labute approximate surface area is 100.0 Å². The van der Waals surface area contributed by atoms with Crippen LogP contribution in [0.15, 0.2) is 18.2 Å². The highest BCUT2D eigenvalue weighted by Crippen LogP contribution is 2.26. The van der Waals surface area contributed by atoms with Crippen LogP contribution < -0.4 is 0 Å². The number of fused-ring (bicyclic) bond motifs is 1. The van der Waals surface area contributed by atoms with Crippen molar-refractivity contribution >= 4 is 21.6 Å². The first-order chi connectivity index (χ1) is 7.79. The van der Waals surface area contributed by atoms with Gasteiger partial charge in [-0.25, -0.2) is 4.98 Å². The number of phenolic OH excluding ortho intramolecular Hbond substituents is 1. The lowest BCUT2D eigenvalue weighted by Gasteiger charge is -1.95. The van der Waals surface area contributed by atoms with E-state index in [4.69, 9.17) is 0 Å². The maximum absolute atomic E-state index is 9.35. The summed E-state index contributed by atoms with van der Waals surface area (Å²) in [5.41, 5.74) is 0.926. The number of hydrogen-bond donors (Lipinski definition) is 1. The first kappa shape index (κ1) is 11.4. The molecular formula is C13H17NOS. The molecule has 0 saturated heterocycles. The van der Waals surface area contributed by atoms with Crippen LogP contribution in [-0.2, 0) is 6.42 Å². The van der Waals surface area contributed by atoms with Gasteiger partial charge in [-0.05, 0) is 25.0 Å². The Kier molecular flexibility index (Phi) is 3.78. The first-order valence-corrected chi connectivity index (χ1v) is 6.69. The molecule has 86 valence electrons. The number of thiazole rings is 1. The maximum atomic E-state index is 9.35. The van der Waals surface area contributed by atoms with Crippen molar-refractivity contribution in [2.75, 3.05) is 0 Å². The lowest BCUT2D eigenvalue weighted by Crippen LogP contribution is -1.83. The van der Waals surface area contributed by atoms with Crippen molar-refractivity contribution in [3.05, 3.63) is 23.2 Å². The van der Waals surface area contributed by atoms with Gasteiger partial charge in [0.2, 0.25) is 0 Å². The number of aromatic hydroxyl groups is 1. The van der Waals surface area contributed by atoms with Gasteiger partial charge >= 0.3 is 0 Å². The molecule has 16 heavy (non-hydrogen) atoms. The number of phenols is 1. The summed E-state index contributed by atoms with van der Waals surface area (Å²) < 4.78 is 1.17. The van der Waals surface area contributed by atoms with Crippen molar-refractivity contribution in [2.24, 2.45) is 0 Å². The molecule has 0 amide bonds. The average molecular weight is 235 g/mol. The van der Waals surface area contributed by atoms with Crippen LogP contribution in [0.4, 0.5) is 0 Å². The zero-order valence-corrected chi connectivity index (χ0v) is 10.4. The highest BCUT2D eigenvalue weighted by molar-refractivity contribution is 7.18. The highest BCUT2D eigenvalue weighted by atomic mass is 32.1. The van der Waals surface area contributed by atoms with Crippen molar-refractivity contribution in [1.82, 2.24) is 4.98 Å². The predicted molar refractivity (Wildman–Crippen MR) is 69.1 cm³/mol. The summed E-state index contributed by atoms with van der Waals surface area (Å²) in [6.45, 7) is 2.22. The van der Waals surface area contributed by atoms with Crippen LogP contribution in [0.3, 0.4) is 0 Å². The Bertz CT molecular complexity index is 464.